The number of fused-ring (bicyclic) bond motifs is 1. The largest absolute Gasteiger partial charge is 0.469 e. The highest BCUT2D eigenvalue weighted by Gasteiger charge is 2.50. The maximum absolute atomic E-state index is 12.1. The molecule has 2 saturated heterocycles. The molecule has 208 valence electrons. The van der Waals surface area contributed by atoms with E-state index in [9.17, 15) is 4.79 Å². The topological polar surface area (TPSA) is 63.5 Å². The van der Waals surface area contributed by atoms with Crippen molar-refractivity contribution in [3.63, 3.8) is 0 Å². The minimum Gasteiger partial charge on any atom is -0.469 e. The number of aromatic nitrogens is 3. The average molecular weight is 594 g/mol. The summed E-state index contributed by atoms with van der Waals surface area (Å²) in [5, 5.41) is 9.56. The highest BCUT2D eigenvalue weighted by Crippen LogP contribution is 2.46. The number of ether oxygens (including phenoxy) is 1. The monoisotopic (exact) mass is 592 g/mol. The molecule has 0 bridgehead atoms. The molecule has 1 aliphatic carbocycles. The van der Waals surface area contributed by atoms with Gasteiger partial charge >= 0.3 is 5.97 Å². The number of anilines is 1. The van der Waals surface area contributed by atoms with Crippen LogP contribution in [0.25, 0.3) is 11.0 Å². The fourth-order valence-electron chi connectivity index (χ4n) is 6.64. The number of carbonyl (C=O) groups is 1. The molecule has 2 aromatic carbocycles. The first kappa shape index (κ1) is 23.6. The summed E-state index contributed by atoms with van der Waals surface area (Å²) in [5.41, 5.74) is 1.93. The number of hydrogen-bond donors (Lipinski definition) is 0. The van der Waals surface area contributed by atoms with Gasteiger partial charge in [-0.25, -0.2) is 4.68 Å². The predicted octanol–water partition coefficient (Wildman–Crippen LogP) is 6.49. The number of hydrogen-bond acceptors (Lipinski definition) is 6. The predicted molar refractivity (Wildman–Crippen MR) is 156 cm³/mol. The van der Waals surface area contributed by atoms with Crippen molar-refractivity contribution < 1.29 is 13.6 Å². The Bertz CT molecular complexity index is 1500. The van der Waals surface area contributed by atoms with Gasteiger partial charge in [0.2, 0.25) is 0 Å². The second kappa shape index (κ2) is 10.4. The Morgan fingerprint density at radius 2 is 1.92 bits per heavy atom. The second-order valence-corrected chi connectivity index (χ2v) is 12.8. The van der Waals surface area contributed by atoms with Gasteiger partial charge in [-0.05, 0) is 87.7 Å². The molecule has 3 aliphatic rings. The van der Waals surface area contributed by atoms with Crippen LogP contribution >= 0.6 is 34.8 Å². The quantitative estimate of drug-likeness (QED) is 0.305. The first-order chi connectivity index (χ1) is 19.9. The van der Waals surface area contributed by atoms with Crippen molar-refractivity contribution in [1.82, 2.24) is 19.9 Å². The standard InChI is InChI=1S/C29H34Cl3N5O2/c1-17(23-7-6-20(30)9-24(23)31)37-26-11-21(10-25(32)27(26)33-34-37)36-15-19(16-36)18-5-4-8-35(14-18)22-12-29(2,13-22)28(38)39-3/h6-7,9-11,17-19,22H,4-5,8,12-16H2,1-3H3/t17-,18+,22?,29?/m1/s1/i1D3. The average Bonchev–Trinajstić information content (AvgIpc) is 3.30. The summed E-state index contributed by atoms with van der Waals surface area (Å²) in [6, 6.07) is 7.86. The Morgan fingerprint density at radius 3 is 2.64 bits per heavy atom. The highest BCUT2D eigenvalue weighted by molar-refractivity contribution is 6.35. The van der Waals surface area contributed by atoms with Crippen molar-refractivity contribution in [3.05, 3.63) is 51.0 Å². The van der Waals surface area contributed by atoms with Gasteiger partial charge in [-0.15, -0.1) is 5.10 Å². The Kier molecular flexibility index (Phi) is 6.30. The van der Waals surface area contributed by atoms with Gasteiger partial charge in [0.1, 0.15) is 5.52 Å². The number of carbonyl (C=O) groups excluding carboxylic acids is 1. The zero-order valence-corrected chi connectivity index (χ0v) is 24.3. The van der Waals surface area contributed by atoms with Crippen LogP contribution in [0, 0.1) is 17.3 Å². The van der Waals surface area contributed by atoms with E-state index in [1.54, 1.807) is 12.1 Å². The summed E-state index contributed by atoms with van der Waals surface area (Å²) in [7, 11) is 1.47. The van der Waals surface area contributed by atoms with Crippen LogP contribution in [0.15, 0.2) is 30.3 Å². The number of esters is 1. The molecule has 0 radical (unpaired) electrons. The Labute approximate surface area is 248 Å². The number of rotatable bonds is 6. The molecule has 0 N–H and O–H groups in total. The van der Waals surface area contributed by atoms with Gasteiger partial charge in [0, 0.05) is 45.5 Å². The van der Waals surface area contributed by atoms with Crippen molar-refractivity contribution >= 4 is 57.5 Å². The minimum absolute atomic E-state index is 0.101. The van der Waals surface area contributed by atoms with Crippen molar-refractivity contribution in [2.45, 2.75) is 51.5 Å². The lowest BCUT2D eigenvalue weighted by Crippen LogP contribution is -2.58. The number of benzene rings is 2. The summed E-state index contributed by atoms with van der Waals surface area (Å²) >= 11 is 19.2. The van der Waals surface area contributed by atoms with E-state index in [-0.39, 0.29) is 16.4 Å². The van der Waals surface area contributed by atoms with Gasteiger partial charge in [-0.1, -0.05) is 46.1 Å². The van der Waals surface area contributed by atoms with E-state index in [4.69, 9.17) is 43.7 Å². The molecular weight excluding hydrogens is 557 g/mol. The third kappa shape index (κ3) is 4.90. The van der Waals surface area contributed by atoms with Gasteiger partial charge < -0.3 is 14.5 Å². The molecular formula is C29H34Cl3N5O2. The van der Waals surface area contributed by atoms with Crippen LogP contribution in [0.2, 0.25) is 15.1 Å². The van der Waals surface area contributed by atoms with Crippen LogP contribution < -0.4 is 4.90 Å². The van der Waals surface area contributed by atoms with Gasteiger partial charge in [0.25, 0.3) is 0 Å². The molecule has 7 nitrogen and oxygen atoms in total. The van der Waals surface area contributed by atoms with Gasteiger partial charge in [0.15, 0.2) is 0 Å². The zero-order chi connectivity index (χ0) is 30.0. The third-order valence-corrected chi connectivity index (χ3v) is 9.87. The molecule has 0 unspecified atom stereocenters. The smallest absolute Gasteiger partial charge is 0.311 e. The van der Waals surface area contributed by atoms with Gasteiger partial charge in [-0.2, -0.15) is 0 Å². The number of methoxy groups -OCH3 is 1. The van der Waals surface area contributed by atoms with Crippen molar-refractivity contribution in [1.29, 1.82) is 0 Å². The third-order valence-electron chi connectivity index (χ3n) is 9.02. The van der Waals surface area contributed by atoms with E-state index >= 15 is 0 Å². The lowest BCUT2D eigenvalue weighted by Gasteiger charge is -2.53. The van der Waals surface area contributed by atoms with Crippen LogP contribution in [-0.4, -0.2) is 65.2 Å². The minimum atomic E-state index is -2.45. The molecule has 0 amide bonds. The lowest BCUT2D eigenvalue weighted by molar-refractivity contribution is -0.162. The number of halogens is 3. The van der Waals surface area contributed by atoms with Gasteiger partial charge in [-0.3, -0.25) is 4.79 Å². The Morgan fingerprint density at radius 1 is 1.13 bits per heavy atom. The molecule has 1 aromatic heterocycles. The molecule has 39 heavy (non-hydrogen) atoms. The molecule has 6 rings (SSSR count). The second-order valence-electron chi connectivity index (χ2n) is 11.6. The fourth-order valence-corrected chi connectivity index (χ4v) is 7.40. The van der Waals surface area contributed by atoms with E-state index in [0.717, 1.165) is 44.7 Å². The highest BCUT2D eigenvalue weighted by atomic mass is 35.5. The summed E-state index contributed by atoms with van der Waals surface area (Å²) < 4.78 is 31.3. The summed E-state index contributed by atoms with van der Waals surface area (Å²) in [6.45, 7) is 3.49. The molecule has 2 atom stereocenters. The molecule has 3 aromatic rings. The first-order valence-corrected chi connectivity index (χ1v) is 14.6. The SMILES string of the molecule is [2H]C([2H])([2H])[C@H](c1ccc(Cl)cc1Cl)n1nnc2c(Cl)cc(N3CC([C@H]4CCCN(C5CC(C)(C(=O)OC)C5)C4)C3)cc21. The molecule has 3 heterocycles. The summed E-state index contributed by atoms with van der Waals surface area (Å²) in [6.07, 6.45) is 4.09. The normalized spacial score (nSPS) is 28.2. The first-order valence-electron chi connectivity index (χ1n) is 14.9. The fraction of sp³-hybridized carbons (Fsp3) is 0.552. The summed E-state index contributed by atoms with van der Waals surface area (Å²) in [5.74, 6) is 1.05. The molecule has 3 fully saturated rings. The van der Waals surface area contributed by atoms with Crippen LogP contribution in [0.5, 0.6) is 0 Å². The van der Waals surface area contributed by atoms with Crippen molar-refractivity contribution in [3.8, 4) is 0 Å². The van der Waals surface area contributed by atoms with E-state index < -0.39 is 12.9 Å². The zero-order valence-electron chi connectivity index (χ0n) is 25.0. The molecule has 1 saturated carbocycles. The summed E-state index contributed by atoms with van der Waals surface area (Å²) in [4.78, 5) is 17.0. The van der Waals surface area contributed by atoms with Crippen LogP contribution in [0.3, 0.4) is 0 Å². The van der Waals surface area contributed by atoms with E-state index in [0.29, 0.717) is 44.5 Å². The Balaban J connectivity index is 1.18. The van der Waals surface area contributed by atoms with E-state index in [1.165, 1.54) is 30.7 Å². The number of nitrogens with zero attached hydrogens (tertiary/aromatic N) is 5. The number of likely N-dealkylation sites (tertiary alicyclic amines) is 1. The maximum atomic E-state index is 12.1. The lowest BCUT2D eigenvalue weighted by atomic mass is 9.65. The number of piperidine rings is 1. The van der Waals surface area contributed by atoms with Crippen LogP contribution in [0.4, 0.5) is 5.69 Å². The van der Waals surface area contributed by atoms with Crippen molar-refractivity contribution in [2.75, 3.05) is 38.2 Å². The molecule has 2 aliphatic heterocycles. The van der Waals surface area contributed by atoms with Crippen molar-refractivity contribution in [2.24, 2.45) is 17.3 Å². The Hall–Kier alpha value is -2.06. The molecule has 10 heteroatoms. The maximum Gasteiger partial charge on any atom is 0.311 e. The van der Waals surface area contributed by atoms with E-state index in [1.807, 2.05) is 19.1 Å². The van der Waals surface area contributed by atoms with Crippen LogP contribution in [-0.2, 0) is 9.53 Å². The van der Waals surface area contributed by atoms with Gasteiger partial charge in [0.05, 0.1) is 29.1 Å². The van der Waals surface area contributed by atoms with Crippen LogP contribution in [0.1, 0.15) is 55.2 Å². The molecule has 0 spiro atoms. The van der Waals surface area contributed by atoms with E-state index in [2.05, 4.69) is 20.1 Å².